The summed E-state index contributed by atoms with van der Waals surface area (Å²) in [6, 6.07) is 0. The fraction of sp³-hybridized carbons (Fsp3) is 0. The highest BCUT2D eigenvalue weighted by Gasteiger charge is 1.48. The first-order valence-electron chi connectivity index (χ1n) is 2.29. The molecule has 0 radical (unpaired) electrons. The summed E-state index contributed by atoms with van der Waals surface area (Å²) in [5, 5.41) is 0. The highest BCUT2D eigenvalue weighted by molar-refractivity contribution is 5.38. The van der Waals surface area contributed by atoms with Gasteiger partial charge in [-0.3, -0.25) is 0 Å². The molecule has 0 fully saturated rings. The van der Waals surface area contributed by atoms with Gasteiger partial charge >= 0.3 is 0 Å². The van der Waals surface area contributed by atoms with Gasteiger partial charge in [0.25, 0.3) is 0 Å². The summed E-state index contributed by atoms with van der Waals surface area (Å²) in [6.45, 7) is 0. The highest BCUT2D eigenvalue weighted by atomic mass is 13.5. The fourth-order valence-corrected chi connectivity index (χ4v) is 0.130. The molecule has 0 aromatic heterocycles. The van der Waals surface area contributed by atoms with Crippen molar-refractivity contribution in [1.82, 2.24) is 0 Å². The molecule has 0 N–H and O–H groups in total. The molecule has 0 heterocycles. The zero-order chi connectivity index (χ0) is 6.95. The minimum Gasteiger partial charge on any atom is -0.106 e. The van der Waals surface area contributed by atoms with E-state index in [2.05, 4.69) is 35.5 Å². The number of rotatable bonds is 0. The van der Waals surface area contributed by atoms with Crippen molar-refractivity contribution in [3.05, 3.63) is 0 Å². The van der Waals surface area contributed by atoms with Crippen molar-refractivity contribution in [2.75, 3.05) is 0 Å². The fourth-order valence-electron chi connectivity index (χ4n) is 0.130. The summed E-state index contributed by atoms with van der Waals surface area (Å²) < 4.78 is 6.33. The van der Waals surface area contributed by atoms with Crippen LogP contribution in [-0.2, 0) is 0 Å². The van der Waals surface area contributed by atoms with Crippen LogP contribution in [0.3, 0.4) is 0 Å². The van der Waals surface area contributed by atoms with Crippen molar-refractivity contribution in [2.24, 2.45) is 0 Å². The Hall–Kier alpha value is -1.76. The Morgan fingerprint density at radius 3 is 2.12 bits per heavy atom. The van der Waals surface area contributed by atoms with E-state index in [1.54, 1.807) is 0 Å². The van der Waals surface area contributed by atoms with Crippen LogP contribution in [0.5, 0.6) is 0 Å². The molecule has 0 saturated carbocycles. The number of hydrogen-bond acceptors (Lipinski definition) is 0. The van der Waals surface area contributed by atoms with Gasteiger partial charge in [0.2, 0.25) is 0 Å². The Morgan fingerprint density at radius 1 is 1.00 bits per heavy atom. The monoisotopic (exact) mass is 100 g/mol. The number of terminal acetylenes is 2. The molecule has 0 aromatic carbocycles. The zero-order valence-corrected chi connectivity index (χ0v) is 4.08. The van der Waals surface area contributed by atoms with E-state index in [0.717, 1.165) is 0 Å². The maximum atomic E-state index is 6.33. The van der Waals surface area contributed by atoms with Crippen molar-refractivity contribution in [3.63, 3.8) is 0 Å². The molecular weight excluding hydrogens is 96.1 g/mol. The molecule has 0 unspecified atom stereocenters. The van der Waals surface area contributed by atoms with Crippen molar-refractivity contribution in [1.29, 1.82) is 0 Å². The van der Waals surface area contributed by atoms with Crippen LogP contribution in [0, 0.1) is 48.3 Å². The SMILES string of the molecule is [3H]C#CC#CC#CC#C. The molecule has 8 heavy (non-hydrogen) atoms. The van der Waals surface area contributed by atoms with Crippen LogP contribution in [0.15, 0.2) is 0 Å². The molecule has 0 amide bonds. The predicted octanol–water partition coefficient (Wildman–Crippen LogP) is 0.260. The second-order valence-corrected chi connectivity index (χ2v) is 0.769. The summed E-state index contributed by atoms with van der Waals surface area (Å²) in [4.78, 5) is 0. The number of hydrogen-bond donors (Lipinski definition) is 0. The first-order valence-corrected chi connectivity index (χ1v) is 1.79. The third-order valence-electron chi connectivity index (χ3n) is 0.322. The summed E-state index contributed by atoms with van der Waals surface area (Å²) in [6.07, 6.45) is 6.63. The molecule has 0 atom stereocenters. The molecular formula is C8H2. The van der Waals surface area contributed by atoms with Gasteiger partial charge in [-0.15, -0.1) is 12.8 Å². The standard InChI is InChI=1S/C8H2/c1-3-5-7-8-6-4-2/h1-2H/i1T. The molecule has 0 saturated heterocycles. The van der Waals surface area contributed by atoms with Gasteiger partial charge in [0.1, 0.15) is 1.37 Å². The second kappa shape index (κ2) is 5.24. The molecule has 0 rings (SSSR count). The molecule has 34 valence electrons. The van der Waals surface area contributed by atoms with Gasteiger partial charge in [0, 0.05) is 0 Å². The van der Waals surface area contributed by atoms with E-state index in [1.165, 1.54) is 0 Å². The smallest absolute Gasteiger partial charge is 0.106 e. The van der Waals surface area contributed by atoms with E-state index in [-0.39, 0.29) is 0 Å². The van der Waals surface area contributed by atoms with Crippen LogP contribution >= 0.6 is 0 Å². The normalized spacial score (nSPS) is 4.12. The molecule has 0 spiro atoms. The molecule has 0 aromatic rings. The summed E-state index contributed by atoms with van der Waals surface area (Å²) in [5.41, 5.74) is 0. The van der Waals surface area contributed by atoms with Crippen molar-refractivity contribution in [2.45, 2.75) is 0 Å². The second-order valence-electron chi connectivity index (χ2n) is 0.769. The van der Waals surface area contributed by atoms with Crippen molar-refractivity contribution in [3.8, 4) is 48.3 Å². The van der Waals surface area contributed by atoms with Gasteiger partial charge in [-0.1, -0.05) is 0 Å². The minimum absolute atomic E-state index is 1.85. The maximum Gasteiger partial charge on any atom is 0.125 e. The maximum absolute atomic E-state index is 6.33. The van der Waals surface area contributed by atoms with Crippen LogP contribution in [0.2, 0.25) is 0 Å². The van der Waals surface area contributed by atoms with Crippen LogP contribution in [0.1, 0.15) is 1.37 Å². The Bertz CT molecular complexity index is 285. The van der Waals surface area contributed by atoms with E-state index in [0.29, 0.717) is 0 Å². The third kappa shape index (κ3) is 4.24. The zero-order valence-electron chi connectivity index (χ0n) is 5.08. The summed E-state index contributed by atoms with van der Waals surface area (Å²) in [7, 11) is 0. The average molecular weight is 100 g/mol. The van der Waals surface area contributed by atoms with Gasteiger partial charge in [0.05, 0.1) is 0 Å². The van der Waals surface area contributed by atoms with E-state index < -0.39 is 0 Å². The lowest BCUT2D eigenvalue weighted by molar-refractivity contribution is 2.41. The molecule has 0 aliphatic carbocycles. The molecule has 0 aliphatic rings. The molecule has 0 aliphatic heterocycles. The Balaban J connectivity index is 3.90. The van der Waals surface area contributed by atoms with E-state index in [4.69, 9.17) is 7.79 Å². The van der Waals surface area contributed by atoms with Gasteiger partial charge in [0.15, 0.2) is 0 Å². The van der Waals surface area contributed by atoms with E-state index in [9.17, 15) is 0 Å². The van der Waals surface area contributed by atoms with Crippen LogP contribution < -0.4 is 0 Å². The summed E-state index contributed by atoms with van der Waals surface area (Å²) >= 11 is 0. The minimum atomic E-state index is 1.85. The summed E-state index contributed by atoms with van der Waals surface area (Å²) in [5.74, 6) is 13.5. The van der Waals surface area contributed by atoms with Crippen molar-refractivity contribution < 1.29 is 1.37 Å². The van der Waals surface area contributed by atoms with Crippen molar-refractivity contribution >= 4 is 0 Å². The Kier molecular flexibility index (Phi) is 2.88. The lowest BCUT2D eigenvalue weighted by atomic mass is 10.5. The van der Waals surface area contributed by atoms with Crippen LogP contribution in [0.25, 0.3) is 0 Å². The largest absolute Gasteiger partial charge is 0.125 e. The Labute approximate surface area is 50.7 Å². The lowest BCUT2D eigenvalue weighted by Gasteiger charge is -1.49. The van der Waals surface area contributed by atoms with Gasteiger partial charge in [-0.05, 0) is 35.5 Å². The molecule has 0 bridgehead atoms. The van der Waals surface area contributed by atoms with Gasteiger partial charge in [-0.25, -0.2) is 0 Å². The first-order chi connectivity index (χ1) is 4.41. The highest BCUT2D eigenvalue weighted by Crippen LogP contribution is 1.49. The lowest BCUT2D eigenvalue weighted by Crippen LogP contribution is -1.48. The average Bonchev–Trinajstić information content (AvgIpc) is 1.89. The molecule has 0 heteroatoms. The topological polar surface area (TPSA) is 0 Å². The quantitative estimate of drug-likeness (QED) is 0.383. The van der Waals surface area contributed by atoms with E-state index in [1.807, 2.05) is 6.40 Å². The van der Waals surface area contributed by atoms with Crippen LogP contribution in [0.4, 0.5) is 0 Å². The van der Waals surface area contributed by atoms with E-state index >= 15 is 0 Å². The predicted molar refractivity (Wildman–Crippen MR) is 33.2 cm³/mol. The van der Waals surface area contributed by atoms with Gasteiger partial charge < -0.3 is 0 Å². The molecule has 0 nitrogen and oxygen atoms in total. The van der Waals surface area contributed by atoms with Crippen LogP contribution in [-0.4, -0.2) is 0 Å². The Morgan fingerprint density at radius 2 is 1.62 bits per heavy atom. The third-order valence-corrected chi connectivity index (χ3v) is 0.322. The first kappa shape index (κ1) is 4.40. The van der Waals surface area contributed by atoms with Gasteiger partial charge in [-0.2, -0.15) is 0 Å².